The quantitative estimate of drug-likeness (QED) is 0.558. The number of carbonyl (C=O) groups excluding carboxylic acids is 1. The number of rotatable bonds is 2. The van der Waals surface area contributed by atoms with Crippen LogP contribution < -0.4 is 0 Å². The fourth-order valence-electron chi connectivity index (χ4n) is 0.485. The molecule has 0 bridgehead atoms. The number of hydrogen-bond donors (Lipinski definition) is 0. The molecular formula is C5H6BrO. The topological polar surface area (TPSA) is 17.1 Å². The molecule has 1 atom stereocenters. The molecule has 1 nitrogen and oxygen atoms in total. The normalized spacial score (nSPS) is 24.1. The average Bonchev–Trinajstić information content (AvgIpc) is 2.44. The van der Waals surface area contributed by atoms with Crippen molar-refractivity contribution in [3.63, 3.8) is 0 Å². The van der Waals surface area contributed by atoms with Gasteiger partial charge < -0.3 is 0 Å². The minimum absolute atomic E-state index is 0.0208. The molecule has 0 amide bonds. The highest BCUT2D eigenvalue weighted by atomic mass is 79.9. The Kier molecular flexibility index (Phi) is 1.47. The molecule has 1 aliphatic carbocycles. The lowest BCUT2D eigenvalue weighted by Gasteiger charge is -1.89. The van der Waals surface area contributed by atoms with E-state index in [0.717, 1.165) is 0 Å². The monoisotopic (exact) mass is 161 g/mol. The van der Waals surface area contributed by atoms with Crippen LogP contribution in [0.2, 0.25) is 0 Å². The summed E-state index contributed by atoms with van der Waals surface area (Å²) in [6.45, 7) is 0. The molecule has 0 aliphatic heterocycles. The van der Waals surface area contributed by atoms with Gasteiger partial charge in [-0.3, -0.25) is 4.79 Å². The van der Waals surface area contributed by atoms with Crippen LogP contribution in [0.4, 0.5) is 0 Å². The van der Waals surface area contributed by atoms with Gasteiger partial charge in [-0.25, -0.2) is 0 Å². The van der Waals surface area contributed by atoms with Crippen molar-refractivity contribution in [3.8, 4) is 0 Å². The van der Waals surface area contributed by atoms with Crippen molar-refractivity contribution in [1.29, 1.82) is 0 Å². The van der Waals surface area contributed by atoms with Crippen molar-refractivity contribution in [1.82, 2.24) is 0 Å². The van der Waals surface area contributed by atoms with Crippen molar-refractivity contribution < 1.29 is 4.79 Å². The van der Waals surface area contributed by atoms with Gasteiger partial charge in [0.25, 0.3) is 0 Å². The van der Waals surface area contributed by atoms with Crippen molar-refractivity contribution >= 4 is 22.2 Å². The molecule has 0 saturated heterocycles. The largest absolute Gasteiger partial charge is 0.290 e. The van der Waals surface area contributed by atoms with Gasteiger partial charge in [0.05, 0.1) is 4.83 Å². The van der Waals surface area contributed by atoms with Crippen LogP contribution in [0.3, 0.4) is 0 Å². The van der Waals surface area contributed by atoms with Crippen molar-refractivity contribution in [2.45, 2.75) is 17.7 Å². The lowest BCUT2D eigenvalue weighted by Crippen LogP contribution is -1.99. The van der Waals surface area contributed by atoms with E-state index in [1.165, 1.54) is 12.8 Å². The Morgan fingerprint density at radius 1 is 1.71 bits per heavy atom. The molecule has 0 spiro atoms. The van der Waals surface area contributed by atoms with Crippen LogP contribution in [-0.4, -0.2) is 11.1 Å². The first-order chi connectivity index (χ1) is 3.34. The van der Waals surface area contributed by atoms with Gasteiger partial charge >= 0.3 is 0 Å². The van der Waals surface area contributed by atoms with Gasteiger partial charge in [0.2, 0.25) is 6.29 Å². The minimum atomic E-state index is 0.0208. The number of hydrogen-bond acceptors (Lipinski definition) is 1. The van der Waals surface area contributed by atoms with Crippen molar-refractivity contribution in [2.75, 3.05) is 0 Å². The Bertz CT molecular complexity index is 78.1. The van der Waals surface area contributed by atoms with E-state index in [2.05, 4.69) is 15.9 Å². The maximum atomic E-state index is 9.81. The second kappa shape index (κ2) is 1.95. The zero-order valence-corrected chi connectivity index (χ0v) is 5.44. The van der Waals surface area contributed by atoms with E-state index < -0.39 is 0 Å². The van der Waals surface area contributed by atoms with E-state index in [1.807, 2.05) is 6.29 Å². The summed E-state index contributed by atoms with van der Waals surface area (Å²) in [5.41, 5.74) is 0. The second-order valence-electron chi connectivity index (χ2n) is 1.86. The van der Waals surface area contributed by atoms with Crippen molar-refractivity contribution in [3.05, 3.63) is 0 Å². The SMILES string of the molecule is O=[C]C(Br)C1CC1. The van der Waals surface area contributed by atoms with Crippen LogP contribution in [-0.2, 0) is 4.79 Å². The first-order valence-corrected chi connectivity index (χ1v) is 3.28. The lowest BCUT2D eigenvalue weighted by atomic mass is 10.3. The van der Waals surface area contributed by atoms with E-state index >= 15 is 0 Å². The molecule has 0 aromatic heterocycles. The maximum absolute atomic E-state index is 9.81. The molecule has 1 radical (unpaired) electrons. The first-order valence-electron chi connectivity index (χ1n) is 2.36. The van der Waals surface area contributed by atoms with E-state index in [4.69, 9.17) is 0 Å². The summed E-state index contributed by atoms with van der Waals surface area (Å²) in [6, 6.07) is 0. The minimum Gasteiger partial charge on any atom is -0.290 e. The first kappa shape index (κ1) is 5.29. The Morgan fingerprint density at radius 2 is 2.29 bits per heavy atom. The molecule has 1 fully saturated rings. The molecule has 1 saturated carbocycles. The molecular weight excluding hydrogens is 156 g/mol. The van der Waals surface area contributed by atoms with Crippen LogP contribution in [0.15, 0.2) is 0 Å². The smallest absolute Gasteiger partial charge is 0.213 e. The summed E-state index contributed by atoms with van der Waals surface area (Å²) < 4.78 is 0. The summed E-state index contributed by atoms with van der Waals surface area (Å²) in [7, 11) is 0. The Balaban J connectivity index is 2.22. The standard InChI is InChI=1S/C5H6BrO/c6-5(3-7)4-1-2-4/h4-5H,1-2H2. The molecule has 1 unspecified atom stereocenters. The Labute approximate surface area is 51.2 Å². The second-order valence-corrected chi connectivity index (χ2v) is 2.84. The number of alkyl halides is 1. The molecule has 1 rings (SSSR count). The number of halogens is 1. The van der Waals surface area contributed by atoms with Crippen LogP contribution in [0, 0.1) is 5.92 Å². The third-order valence-electron chi connectivity index (χ3n) is 1.15. The Hall–Kier alpha value is 0.150. The van der Waals surface area contributed by atoms with Crippen molar-refractivity contribution in [2.24, 2.45) is 5.92 Å². The zero-order valence-electron chi connectivity index (χ0n) is 3.86. The van der Waals surface area contributed by atoms with E-state index in [1.54, 1.807) is 0 Å². The average molecular weight is 162 g/mol. The molecule has 1 aliphatic rings. The van der Waals surface area contributed by atoms with Gasteiger partial charge in [-0.15, -0.1) is 0 Å². The molecule has 2 heteroatoms. The van der Waals surface area contributed by atoms with E-state index in [9.17, 15) is 4.79 Å². The summed E-state index contributed by atoms with van der Waals surface area (Å²) in [4.78, 5) is 9.84. The van der Waals surface area contributed by atoms with E-state index in [-0.39, 0.29) is 4.83 Å². The lowest BCUT2D eigenvalue weighted by molar-refractivity contribution is 0.550. The van der Waals surface area contributed by atoms with Gasteiger partial charge in [-0.05, 0) is 18.8 Å². The third kappa shape index (κ3) is 1.27. The molecule has 7 heavy (non-hydrogen) atoms. The maximum Gasteiger partial charge on any atom is 0.213 e. The van der Waals surface area contributed by atoms with Crippen LogP contribution in [0.1, 0.15) is 12.8 Å². The van der Waals surface area contributed by atoms with Gasteiger partial charge in [-0.1, -0.05) is 15.9 Å². The third-order valence-corrected chi connectivity index (χ3v) is 2.08. The summed E-state index contributed by atoms with van der Waals surface area (Å²) in [5, 5.41) is 0. The Morgan fingerprint density at radius 3 is 2.43 bits per heavy atom. The van der Waals surface area contributed by atoms with Gasteiger partial charge in [0, 0.05) is 0 Å². The van der Waals surface area contributed by atoms with Crippen LogP contribution in [0.25, 0.3) is 0 Å². The fourth-order valence-corrected chi connectivity index (χ4v) is 1.01. The summed E-state index contributed by atoms with van der Waals surface area (Å²) in [5.74, 6) is 0.609. The van der Waals surface area contributed by atoms with Crippen LogP contribution in [0.5, 0.6) is 0 Å². The van der Waals surface area contributed by atoms with Crippen LogP contribution >= 0.6 is 15.9 Å². The predicted molar refractivity (Wildman–Crippen MR) is 31.1 cm³/mol. The molecule has 0 aromatic rings. The highest BCUT2D eigenvalue weighted by molar-refractivity contribution is 9.10. The molecule has 0 heterocycles. The molecule has 0 N–H and O–H groups in total. The summed E-state index contributed by atoms with van der Waals surface area (Å²) in [6.07, 6.45) is 4.29. The van der Waals surface area contributed by atoms with Gasteiger partial charge in [-0.2, -0.15) is 0 Å². The summed E-state index contributed by atoms with van der Waals surface area (Å²) >= 11 is 3.18. The fraction of sp³-hybridized carbons (Fsp3) is 0.800. The zero-order chi connectivity index (χ0) is 5.28. The van der Waals surface area contributed by atoms with Gasteiger partial charge in [0.1, 0.15) is 0 Å². The highest BCUT2D eigenvalue weighted by Gasteiger charge is 2.29. The van der Waals surface area contributed by atoms with E-state index in [0.29, 0.717) is 5.92 Å². The molecule has 0 aromatic carbocycles. The highest BCUT2D eigenvalue weighted by Crippen LogP contribution is 2.35. The molecule has 39 valence electrons. The predicted octanol–water partition coefficient (Wildman–Crippen LogP) is 1.27. The van der Waals surface area contributed by atoms with Gasteiger partial charge in [0.15, 0.2) is 0 Å².